The zero-order chi connectivity index (χ0) is 24.4. The van der Waals surface area contributed by atoms with Crippen LogP contribution in [-0.2, 0) is 17.1 Å². The minimum absolute atomic E-state index is 0.0184. The number of hydrogen-bond donors (Lipinski definition) is 1. The summed E-state index contributed by atoms with van der Waals surface area (Å²) in [5.41, 5.74) is -0.0961. The number of amides is 1. The van der Waals surface area contributed by atoms with Gasteiger partial charge in [0.25, 0.3) is 5.91 Å². The Hall–Kier alpha value is -3.90. The van der Waals surface area contributed by atoms with Crippen LogP contribution in [-0.4, -0.2) is 32.7 Å². The van der Waals surface area contributed by atoms with E-state index in [0.29, 0.717) is 18.0 Å². The number of benzene rings is 1. The average Bonchev–Trinajstić information content (AvgIpc) is 3.20. The van der Waals surface area contributed by atoms with Gasteiger partial charge in [0.05, 0.1) is 11.1 Å². The van der Waals surface area contributed by atoms with Crippen molar-refractivity contribution in [1.82, 2.24) is 25.2 Å². The van der Waals surface area contributed by atoms with Crippen molar-refractivity contribution in [3.63, 3.8) is 0 Å². The molecule has 2 aromatic heterocycles. The highest BCUT2D eigenvalue weighted by Gasteiger charge is 2.37. The van der Waals surface area contributed by atoms with Gasteiger partial charge in [0.2, 0.25) is 0 Å². The van der Waals surface area contributed by atoms with Crippen molar-refractivity contribution in [2.45, 2.75) is 19.3 Å². The Labute approximate surface area is 183 Å². The first-order valence-corrected chi connectivity index (χ1v) is 9.20. The monoisotopic (exact) mass is 470 g/mol. The molecular weight excluding hydrogens is 454 g/mol. The van der Waals surface area contributed by atoms with Crippen molar-refractivity contribution >= 4 is 17.9 Å². The predicted octanol–water partition coefficient (Wildman–Crippen LogP) is 4.32. The molecule has 1 amide bonds. The van der Waals surface area contributed by atoms with E-state index in [-0.39, 0.29) is 11.9 Å². The highest BCUT2D eigenvalue weighted by Crippen LogP contribution is 2.38. The highest BCUT2D eigenvalue weighted by molar-refractivity contribution is 5.91. The van der Waals surface area contributed by atoms with Gasteiger partial charge in [0.1, 0.15) is 12.1 Å². The molecule has 0 saturated heterocycles. The second-order valence-electron chi connectivity index (χ2n) is 6.84. The number of carbonyl (C=O) groups excluding carboxylic acids is 1. The summed E-state index contributed by atoms with van der Waals surface area (Å²) in [4.78, 5) is 20.0. The molecule has 0 aliphatic rings. The lowest BCUT2D eigenvalue weighted by Crippen LogP contribution is -2.39. The van der Waals surface area contributed by atoms with E-state index >= 15 is 0 Å². The van der Waals surface area contributed by atoms with Gasteiger partial charge in [0, 0.05) is 31.1 Å². The summed E-state index contributed by atoms with van der Waals surface area (Å²) in [6.45, 7) is 1.80. The quantitative estimate of drug-likeness (QED) is 0.342. The Bertz CT molecular complexity index is 1150. The Morgan fingerprint density at radius 2 is 1.70 bits per heavy atom. The van der Waals surface area contributed by atoms with Crippen LogP contribution < -0.4 is 10.4 Å². The molecule has 1 aromatic carbocycles. The Morgan fingerprint density at radius 1 is 1.06 bits per heavy atom. The topological polar surface area (TPSA) is 75.9 Å². The molecule has 2 heterocycles. The van der Waals surface area contributed by atoms with Crippen molar-refractivity contribution in [3.8, 4) is 11.4 Å². The molecule has 0 spiro atoms. The van der Waals surface area contributed by atoms with Crippen molar-refractivity contribution in [1.29, 1.82) is 0 Å². The van der Waals surface area contributed by atoms with E-state index in [1.54, 1.807) is 32.3 Å². The number of nitrogens with one attached hydrogen (secondary N) is 1. The number of anilines is 1. The van der Waals surface area contributed by atoms with Gasteiger partial charge in [-0.2, -0.15) is 26.3 Å². The smallest absolute Gasteiger partial charge is 0.271 e. The molecule has 0 fully saturated rings. The molecule has 13 heteroatoms. The van der Waals surface area contributed by atoms with Gasteiger partial charge < -0.3 is 0 Å². The number of halogens is 6. The molecule has 33 heavy (non-hydrogen) atoms. The van der Waals surface area contributed by atoms with Crippen molar-refractivity contribution in [2.75, 3.05) is 12.1 Å². The number of alkyl halides is 6. The van der Waals surface area contributed by atoms with E-state index in [9.17, 15) is 31.1 Å². The van der Waals surface area contributed by atoms with Crippen LogP contribution in [0.3, 0.4) is 0 Å². The normalized spacial score (nSPS) is 12.2. The van der Waals surface area contributed by atoms with Crippen LogP contribution in [0.25, 0.3) is 17.6 Å². The average molecular weight is 470 g/mol. The van der Waals surface area contributed by atoms with E-state index in [1.165, 1.54) is 5.01 Å². The summed E-state index contributed by atoms with van der Waals surface area (Å²) in [5, 5.41) is 5.21. The second-order valence-corrected chi connectivity index (χ2v) is 6.84. The zero-order valence-corrected chi connectivity index (χ0v) is 17.1. The summed E-state index contributed by atoms with van der Waals surface area (Å²) < 4.78 is 79.2. The summed E-state index contributed by atoms with van der Waals surface area (Å²) in [6, 6.07) is 4.60. The van der Waals surface area contributed by atoms with Gasteiger partial charge in [-0.1, -0.05) is 6.07 Å². The van der Waals surface area contributed by atoms with Crippen LogP contribution in [0.4, 0.5) is 32.2 Å². The number of hydrazine groups is 1. The molecule has 0 saturated carbocycles. The van der Waals surface area contributed by atoms with Crippen molar-refractivity contribution in [2.24, 2.45) is 0 Å². The fraction of sp³-hybridized carbons (Fsp3) is 0.200. The number of aromatic nitrogens is 4. The summed E-state index contributed by atoms with van der Waals surface area (Å²) in [6.07, 6.45) is -5.19. The first kappa shape index (κ1) is 23.8. The lowest BCUT2D eigenvalue weighted by molar-refractivity contribution is -0.143. The van der Waals surface area contributed by atoms with Gasteiger partial charge >= 0.3 is 12.4 Å². The minimum atomic E-state index is -4.99. The van der Waals surface area contributed by atoms with Gasteiger partial charge in [-0.3, -0.25) is 15.2 Å². The lowest BCUT2D eigenvalue weighted by atomic mass is 10.0. The summed E-state index contributed by atoms with van der Waals surface area (Å²) in [5.74, 6) is -0.455. The van der Waals surface area contributed by atoms with Crippen LogP contribution in [0.5, 0.6) is 0 Å². The van der Waals surface area contributed by atoms with Crippen LogP contribution in [0.2, 0.25) is 0 Å². The number of hydrogen-bond acceptors (Lipinski definition) is 5. The minimum Gasteiger partial charge on any atom is -0.271 e. The third kappa shape index (κ3) is 5.87. The molecule has 0 unspecified atom stereocenters. The van der Waals surface area contributed by atoms with Crippen LogP contribution in [0.15, 0.2) is 48.9 Å². The Morgan fingerprint density at radius 3 is 2.27 bits per heavy atom. The van der Waals surface area contributed by atoms with E-state index in [1.807, 2.05) is 0 Å². The second kappa shape index (κ2) is 8.92. The molecule has 0 bridgehead atoms. The molecular formula is C20H16F6N6O. The molecule has 7 nitrogen and oxygen atoms in total. The highest BCUT2D eigenvalue weighted by atomic mass is 19.4. The molecule has 1 N–H and O–H groups in total. The van der Waals surface area contributed by atoms with E-state index in [4.69, 9.17) is 0 Å². The first-order chi connectivity index (χ1) is 15.3. The van der Waals surface area contributed by atoms with Gasteiger partial charge in [0.15, 0.2) is 5.82 Å². The predicted molar refractivity (Wildman–Crippen MR) is 106 cm³/mol. The third-order valence-corrected chi connectivity index (χ3v) is 4.31. The third-order valence-electron chi connectivity index (χ3n) is 4.31. The Kier molecular flexibility index (Phi) is 6.42. The van der Waals surface area contributed by atoms with Crippen LogP contribution in [0, 0.1) is 6.92 Å². The fourth-order valence-electron chi connectivity index (χ4n) is 2.79. The maximum Gasteiger partial charge on any atom is 0.416 e. The molecule has 174 valence electrons. The lowest BCUT2D eigenvalue weighted by Gasteiger charge is -2.19. The number of aryl methyl sites for hydroxylation is 1. The summed E-state index contributed by atoms with van der Waals surface area (Å²) in [7, 11) is 1.57. The van der Waals surface area contributed by atoms with Crippen LogP contribution >= 0.6 is 0 Å². The number of nitrogens with zero attached hydrogens (tertiary/aromatic N) is 5. The number of pyridine rings is 1. The standard InChI is InChI=1S/C20H16F6N6O/c1-12-4-3-6-27-18(12)31(2)29-16(33)5-7-32-11-28-17(30-32)13-8-14(19(21,22)23)10-15(9-13)20(24,25)26/h3-11H,1-2H3,(H,29,33)/b7-5-. The van der Waals surface area contributed by atoms with Gasteiger partial charge in [-0.05, 0) is 36.8 Å². The fourth-order valence-corrected chi connectivity index (χ4v) is 2.79. The Balaban J connectivity index is 1.79. The summed E-state index contributed by atoms with van der Waals surface area (Å²) >= 11 is 0. The van der Waals surface area contributed by atoms with Gasteiger partial charge in [-0.15, -0.1) is 5.10 Å². The largest absolute Gasteiger partial charge is 0.416 e. The maximum atomic E-state index is 13.0. The van der Waals surface area contributed by atoms with E-state index < -0.39 is 35.0 Å². The van der Waals surface area contributed by atoms with Gasteiger partial charge in [-0.25, -0.2) is 14.6 Å². The first-order valence-electron chi connectivity index (χ1n) is 9.20. The molecule has 0 radical (unpaired) electrons. The van der Waals surface area contributed by atoms with Crippen LogP contribution in [0.1, 0.15) is 16.7 Å². The molecule has 3 aromatic rings. The van der Waals surface area contributed by atoms with E-state index in [0.717, 1.165) is 28.8 Å². The maximum absolute atomic E-state index is 13.0. The SMILES string of the molecule is Cc1cccnc1N(C)NC(=O)/C=C\n1cnc(-c2cc(C(F)(F)F)cc(C(F)(F)F)c2)n1. The number of rotatable bonds is 5. The van der Waals surface area contributed by atoms with Crippen molar-refractivity contribution < 1.29 is 31.1 Å². The molecule has 0 aliphatic heterocycles. The van der Waals surface area contributed by atoms with Crippen molar-refractivity contribution in [3.05, 3.63) is 65.6 Å². The molecule has 0 atom stereocenters. The zero-order valence-electron chi connectivity index (χ0n) is 17.1. The van der Waals surface area contributed by atoms with E-state index in [2.05, 4.69) is 20.5 Å². The molecule has 0 aliphatic carbocycles. The number of carbonyl (C=O) groups is 1. The molecule has 3 rings (SSSR count).